The zero-order valence-electron chi connectivity index (χ0n) is 12.1. The van der Waals surface area contributed by atoms with Crippen molar-refractivity contribution >= 4 is 11.6 Å². The van der Waals surface area contributed by atoms with Crippen LogP contribution in [-0.2, 0) is 24.7 Å². The molecular weight excluding hydrogens is 250 g/mol. The van der Waals surface area contributed by atoms with Gasteiger partial charge in [0.15, 0.2) is 0 Å². The number of benzene rings is 1. The van der Waals surface area contributed by atoms with E-state index >= 15 is 0 Å². The van der Waals surface area contributed by atoms with Crippen LogP contribution in [0.5, 0.6) is 0 Å². The Morgan fingerprint density at radius 1 is 1.40 bits per heavy atom. The molecule has 0 bridgehead atoms. The van der Waals surface area contributed by atoms with Gasteiger partial charge in [-0.25, -0.2) is 4.98 Å². The Bertz CT molecular complexity index is 659. The van der Waals surface area contributed by atoms with E-state index in [9.17, 15) is 4.79 Å². The first-order chi connectivity index (χ1) is 9.63. The highest BCUT2D eigenvalue weighted by Crippen LogP contribution is 2.39. The Morgan fingerprint density at radius 2 is 2.15 bits per heavy atom. The Hall–Kier alpha value is -2.10. The normalized spacial score (nSPS) is 17.4. The number of aromatic nitrogens is 2. The van der Waals surface area contributed by atoms with Crippen molar-refractivity contribution < 1.29 is 4.79 Å². The molecule has 0 N–H and O–H groups in total. The van der Waals surface area contributed by atoms with Gasteiger partial charge in [-0.2, -0.15) is 0 Å². The van der Waals surface area contributed by atoms with E-state index in [4.69, 9.17) is 0 Å². The van der Waals surface area contributed by atoms with Gasteiger partial charge in [0.05, 0.1) is 6.04 Å². The topological polar surface area (TPSA) is 38.1 Å². The van der Waals surface area contributed by atoms with Crippen LogP contribution in [0.3, 0.4) is 0 Å². The van der Waals surface area contributed by atoms with Gasteiger partial charge < -0.3 is 9.47 Å². The summed E-state index contributed by atoms with van der Waals surface area (Å²) >= 11 is 0. The van der Waals surface area contributed by atoms with Gasteiger partial charge >= 0.3 is 0 Å². The summed E-state index contributed by atoms with van der Waals surface area (Å²) in [5, 5.41) is 0. The van der Waals surface area contributed by atoms with Gasteiger partial charge in [0, 0.05) is 38.0 Å². The van der Waals surface area contributed by atoms with E-state index in [0.717, 1.165) is 24.4 Å². The number of hydrogen-bond acceptors (Lipinski definition) is 2. The van der Waals surface area contributed by atoms with E-state index in [0.29, 0.717) is 0 Å². The van der Waals surface area contributed by atoms with Gasteiger partial charge in [-0.05, 0) is 18.1 Å². The van der Waals surface area contributed by atoms with E-state index in [1.807, 2.05) is 36.3 Å². The number of hydrogen-bond donors (Lipinski definition) is 0. The Labute approximate surface area is 119 Å². The van der Waals surface area contributed by atoms with Crippen LogP contribution in [0.4, 0.5) is 5.69 Å². The Morgan fingerprint density at radius 3 is 2.80 bits per heavy atom. The molecule has 20 heavy (non-hydrogen) atoms. The molecule has 2 aromatic rings. The summed E-state index contributed by atoms with van der Waals surface area (Å²) in [6.45, 7) is 3.74. The van der Waals surface area contributed by atoms with Gasteiger partial charge in [-0.3, -0.25) is 4.79 Å². The van der Waals surface area contributed by atoms with Crippen molar-refractivity contribution in [2.75, 3.05) is 4.90 Å². The second kappa shape index (κ2) is 4.78. The van der Waals surface area contributed by atoms with Crippen molar-refractivity contribution in [1.29, 1.82) is 0 Å². The number of imidazole rings is 1. The zero-order chi connectivity index (χ0) is 14.3. The summed E-state index contributed by atoms with van der Waals surface area (Å²) < 4.78 is 2.12. The van der Waals surface area contributed by atoms with Gasteiger partial charge in [0.25, 0.3) is 0 Å². The molecule has 0 fully saturated rings. The van der Waals surface area contributed by atoms with Gasteiger partial charge in [-0.1, -0.05) is 25.1 Å². The quantitative estimate of drug-likeness (QED) is 0.840. The molecule has 0 aliphatic carbocycles. The fraction of sp³-hybridized carbons (Fsp3) is 0.375. The lowest BCUT2D eigenvalue weighted by Gasteiger charge is -2.24. The molecule has 0 saturated carbocycles. The van der Waals surface area contributed by atoms with Crippen molar-refractivity contribution in [1.82, 2.24) is 9.55 Å². The number of fused-ring (bicyclic) bond motifs is 1. The minimum Gasteiger partial charge on any atom is -0.333 e. The average molecular weight is 269 g/mol. The summed E-state index contributed by atoms with van der Waals surface area (Å²) in [7, 11) is 2.03. The third kappa shape index (κ3) is 1.83. The zero-order valence-corrected chi connectivity index (χ0v) is 12.1. The molecule has 0 radical (unpaired) electrons. The Kier molecular flexibility index (Phi) is 3.08. The minimum atomic E-state index is 0.00944. The average Bonchev–Trinajstić information content (AvgIpc) is 2.98. The predicted molar refractivity (Wildman–Crippen MR) is 78.6 cm³/mol. The summed E-state index contributed by atoms with van der Waals surface area (Å²) in [4.78, 5) is 18.5. The summed E-state index contributed by atoms with van der Waals surface area (Å²) in [5.74, 6) is 1.04. The fourth-order valence-corrected chi connectivity index (χ4v) is 3.08. The van der Waals surface area contributed by atoms with Crippen LogP contribution in [0.2, 0.25) is 0 Å². The minimum absolute atomic E-state index is 0.00944. The molecule has 1 aromatic carbocycles. The molecule has 1 aliphatic rings. The van der Waals surface area contributed by atoms with Crippen molar-refractivity contribution in [2.45, 2.75) is 32.7 Å². The first-order valence-corrected chi connectivity index (χ1v) is 7.01. The van der Waals surface area contributed by atoms with E-state index in [-0.39, 0.29) is 11.9 Å². The van der Waals surface area contributed by atoms with Crippen LogP contribution >= 0.6 is 0 Å². The number of anilines is 1. The molecule has 2 heterocycles. The van der Waals surface area contributed by atoms with E-state index in [2.05, 4.69) is 22.5 Å². The lowest BCUT2D eigenvalue weighted by molar-refractivity contribution is -0.117. The highest BCUT2D eigenvalue weighted by atomic mass is 16.2. The molecule has 0 spiro atoms. The maximum absolute atomic E-state index is 12.1. The molecule has 104 valence electrons. The number of carbonyl (C=O) groups excluding carboxylic acids is 1. The molecule has 1 aromatic heterocycles. The number of rotatable bonds is 2. The van der Waals surface area contributed by atoms with Gasteiger partial charge in [0.2, 0.25) is 5.91 Å². The number of aryl methyl sites for hydroxylation is 1. The molecule has 1 aliphatic heterocycles. The standard InChI is InChI=1S/C16H19N3O/c1-4-13-10-17-16(18(13)3)15-9-12-7-5-6-8-14(12)19(15)11(2)20/h5-8,10,15H,4,9H2,1-3H3. The number of para-hydroxylation sites is 1. The summed E-state index contributed by atoms with van der Waals surface area (Å²) in [6.07, 6.45) is 3.70. The lowest BCUT2D eigenvalue weighted by atomic mass is 10.1. The van der Waals surface area contributed by atoms with Crippen LogP contribution in [0.25, 0.3) is 0 Å². The van der Waals surface area contributed by atoms with Crippen LogP contribution in [0.15, 0.2) is 30.5 Å². The monoisotopic (exact) mass is 269 g/mol. The van der Waals surface area contributed by atoms with Crippen LogP contribution in [-0.4, -0.2) is 15.5 Å². The Balaban J connectivity index is 2.06. The molecule has 0 saturated heterocycles. The molecule has 4 heteroatoms. The highest BCUT2D eigenvalue weighted by molar-refractivity contribution is 5.94. The third-order valence-electron chi connectivity index (χ3n) is 4.10. The van der Waals surface area contributed by atoms with E-state index in [1.165, 1.54) is 11.3 Å². The third-order valence-corrected chi connectivity index (χ3v) is 4.10. The van der Waals surface area contributed by atoms with Crippen molar-refractivity contribution in [3.8, 4) is 0 Å². The summed E-state index contributed by atoms with van der Waals surface area (Å²) in [6, 6.07) is 8.12. The molecular formula is C16H19N3O. The second-order valence-corrected chi connectivity index (χ2v) is 5.26. The first kappa shape index (κ1) is 12.9. The van der Waals surface area contributed by atoms with Crippen LogP contribution < -0.4 is 4.90 Å². The smallest absolute Gasteiger partial charge is 0.224 e. The van der Waals surface area contributed by atoms with Gasteiger partial charge in [0.1, 0.15) is 5.82 Å². The van der Waals surface area contributed by atoms with Crippen molar-refractivity contribution in [2.24, 2.45) is 7.05 Å². The number of nitrogens with zero attached hydrogens (tertiary/aromatic N) is 3. The van der Waals surface area contributed by atoms with Crippen molar-refractivity contribution in [3.05, 3.63) is 47.5 Å². The first-order valence-electron chi connectivity index (χ1n) is 7.01. The highest BCUT2D eigenvalue weighted by Gasteiger charge is 2.35. The maximum atomic E-state index is 12.1. The number of carbonyl (C=O) groups is 1. The maximum Gasteiger partial charge on any atom is 0.224 e. The molecule has 1 amide bonds. The predicted octanol–water partition coefficient (Wildman–Crippen LogP) is 2.63. The van der Waals surface area contributed by atoms with Gasteiger partial charge in [-0.15, -0.1) is 0 Å². The van der Waals surface area contributed by atoms with Crippen molar-refractivity contribution in [3.63, 3.8) is 0 Å². The molecule has 1 atom stereocenters. The number of amides is 1. The van der Waals surface area contributed by atoms with E-state index in [1.54, 1.807) is 6.92 Å². The second-order valence-electron chi connectivity index (χ2n) is 5.26. The largest absolute Gasteiger partial charge is 0.333 e. The molecule has 1 unspecified atom stereocenters. The lowest BCUT2D eigenvalue weighted by Crippen LogP contribution is -2.31. The molecule has 4 nitrogen and oxygen atoms in total. The summed E-state index contributed by atoms with van der Waals surface area (Å²) in [5.41, 5.74) is 3.43. The molecule has 3 rings (SSSR count). The van der Waals surface area contributed by atoms with Crippen LogP contribution in [0, 0.1) is 0 Å². The van der Waals surface area contributed by atoms with Crippen LogP contribution in [0.1, 0.15) is 37.0 Å². The SMILES string of the molecule is CCc1cnc(C2Cc3ccccc3N2C(C)=O)n1C. The fourth-order valence-electron chi connectivity index (χ4n) is 3.08. The van der Waals surface area contributed by atoms with E-state index < -0.39 is 0 Å².